The summed E-state index contributed by atoms with van der Waals surface area (Å²) >= 11 is 0. The molecule has 1 aliphatic carbocycles. The smallest absolute Gasteiger partial charge is 0.240 e. The minimum absolute atomic E-state index is 0.271. The van der Waals surface area contributed by atoms with E-state index in [0.717, 1.165) is 37.7 Å². The van der Waals surface area contributed by atoms with Crippen molar-refractivity contribution < 1.29 is 13.5 Å². The quantitative estimate of drug-likeness (QED) is 0.788. The van der Waals surface area contributed by atoms with Crippen LogP contribution in [0.4, 0.5) is 0 Å². The summed E-state index contributed by atoms with van der Waals surface area (Å²) in [5, 5.41) is 10.8. The fourth-order valence-corrected chi connectivity index (χ4v) is 4.69. The number of benzene rings is 1. The molecular weight excluding hydrogens is 324 g/mol. The van der Waals surface area contributed by atoms with Gasteiger partial charge in [0.15, 0.2) is 0 Å². The van der Waals surface area contributed by atoms with E-state index < -0.39 is 15.6 Å². The van der Waals surface area contributed by atoms with Crippen molar-refractivity contribution in [1.82, 2.24) is 9.62 Å². The molecule has 2 N–H and O–H groups in total. The van der Waals surface area contributed by atoms with Gasteiger partial charge in [0.1, 0.15) is 0 Å². The third-order valence-corrected chi connectivity index (χ3v) is 6.19. The Hall–Kier alpha value is -0.950. The molecule has 1 unspecified atom stereocenters. The molecule has 1 atom stereocenters. The Morgan fingerprint density at radius 3 is 2.29 bits per heavy atom. The van der Waals surface area contributed by atoms with Crippen molar-refractivity contribution in [1.29, 1.82) is 0 Å². The van der Waals surface area contributed by atoms with E-state index in [-0.39, 0.29) is 10.9 Å². The molecule has 1 saturated carbocycles. The molecule has 1 fully saturated rings. The molecule has 0 spiro atoms. The summed E-state index contributed by atoms with van der Waals surface area (Å²) in [6.45, 7) is 2.49. The highest BCUT2D eigenvalue weighted by molar-refractivity contribution is 7.89. The lowest BCUT2D eigenvalue weighted by molar-refractivity contribution is -0.0121. The maximum absolute atomic E-state index is 12.7. The number of likely N-dealkylation sites (N-methyl/N-ethyl adjacent to an activating group) is 1. The normalized spacial score (nSPS) is 19.4. The van der Waals surface area contributed by atoms with E-state index in [0.29, 0.717) is 13.0 Å². The lowest BCUT2D eigenvalue weighted by Gasteiger charge is -2.36. The van der Waals surface area contributed by atoms with Crippen LogP contribution in [0.2, 0.25) is 0 Å². The molecule has 2 rings (SSSR count). The maximum Gasteiger partial charge on any atom is 0.240 e. The van der Waals surface area contributed by atoms with Crippen molar-refractivity contribution in [3.63, 3.8) is 0 Å². The summed E-state index contributed by atoms with van der Waals surface area (Å²) in [6, 6.07) is 6.53. The summed E-state index contributed by atoms with van der Waals surface area (Å²) in [5.74, 6) is 0. The van der Waals surface area contributed by atoms with E-state index in [2.05, 4.69) is 4.72 Å². The average Bonchev–Trinajstić information content (AvgIpc) is 2.46. The molecule has 0 radical (unpaired) electrons. The number of sulfonamides is 1. The predicted molar refractivity (Wildman–Crippen MR) is 96.5 cm³/mol. The second-order valence-electron chi connectivity index (χ2n) is 7.38. The zero-order valence-electron chi connectivity index (χ0n) is 15.0. The van der Waals surface area contributed by atoms with Crippen molar-refractivity contribution in [3.05, 3.63) is 29.8 Å². The van der Waals surface area contributed by atoms with Gasteiger partial charge in [-0.2, -0.15) is 0 Å². The Bertz CT molecular complexity index is 620. The van der Waals surface area contributed by atoms with Gasteiger partial charge in [-0.1, -0.05) is 37.0 Å². The Morgan fingerprint density at radius 1 is 1.17 bits per heavy atom. The van der Waals surface area contributed by atoms with E-state index in [1.165, 1.54) is 0 Å². The molecular formula is C18H30N2O3S. The zero-order valence-corrected chi connectivity index (χ0v) is 15.8. The first-order valence-corrected chi connectivity index (χ1v) is 10.1. The minimum Gasteiger partial charge on any atom is -0.390 e. The maximum atomic E-state index is 12.7. The van der Waals surface area contributed by atoms with Gasteiger partial charge in [-0.3, -0.25) is 0 Å². The van der Waals surface area contributed by atoms with Crippen molar-refractivity contribution in [2.75, 3.05) is 20.6 Å². The first-order valence-electron chi connectivity index (χ1n) is 8.66. The average molecular weight is 355 g/mol. The van der Waals surface area contributed by atoms with Gasteiger partial charge in [0.25, 0.3) is 0 Å². The molecule has 24 heavy (non-hydrogen) atoms. The largest absolute Gasteiger partial charge is 0.390 e. The lowest BCUT2D eigenvalue weighted by atomic mass is 9.80. The monoisotopic (exact) mass is 354 g/mol. The van der Waals surface area contributed by atoms with Crippen LogP contribution in [0.25, 0.3) is 0 Å². The minimum atomic E-state index is -3.59. The van der Waals surface area contributed by atoms with Crippen LogP contribution >= 0.6 is 0 Å². The number of nitrogens with zero attached hydrogens (tertiary/aromatic N) is 1. The second kappa shape index (κ2) is 7.95. The Kier molecular flexibility index (Phi) is 6.42. The summed E-state index contributed by atoms with van der Waals surface area (Å²) in [5.41, 5.74) is 0.268. The Morgan fingerprint density at radius 2 is 1.75 bits per heavy atom. The van der Waals surface area contributed by atoms with E-state index in [9.17, 15) is 13.5 Å². The van der Waals surface area contributed by atoms with Gasteiger partial charge in [-0.05, 0) is 52.4 Å². The summed E-state index contributed by atoms with van der Waals surface area (Å²) in [6.07, 6.45) is 5.13. The number of aryl methyl sites for hydroxylation is 1. The van der Waals surface area contributed by atoms with Crippen LogP contribution in [0.1, 0.15) is 44.1 Å². The molecule has 0 aliphatic heterocycles. The Balaban J connectivity index is 2.13. The van der Waals surface area contributed by atoms with Crippen LogP contribution in [0.3, 0.4) is 0 Å². The van der Waals surface area contributed by atoms with Crippen LogP contribution in [-0.4, -0.2) is 50.7 Å². The van der Waals surface area contributed by atoms with Gasteiger partial charge in [0, 0.05) is 12.6 Å². The van der Waals surface area contributed by atoms with Crippen LogP contribution < -0.4 is 4.72 Å². The Labute approximate surface area is 146 Å². The first kappa shape index (κ1) is 19.4. The molecule has 0 aromatic heterocycles. The highest BCUT2D eigenvalue weighted by Crippen LogP contribution is 2.32. The third kappa shape index (κ3) is 5.55. The van der Waals surface area contributed by atoms with Crippen LogP contribution in [-0.2, 0) is 10.0 Å². The number of hydrogen-bond acceptors (Lipinski definition) is 4. The fraction of sp³-hybridized carbons (Fsp3) is 0.667. The van der Waals surface area contributed by atoms with Gasteiger partial charge in [0.05, 0.1) is 10.5 Å². The van der Waals surface area contributed by atoms with E-state index in [1.54, 1.807) is 24.3 Å². The van der Waals surface area contributed by atoms with E-state index in [4.69, 9.17) is 0 Å². The number of aliphatic hydroxyl groups is 1. The molecule has 0 amide bonds. The molecule has 5 nitrogen and oxygen atoms in total. The SMILES string of the molecule is Cc1ccc(S(=O)(=O)NC(CN(C)C)CC2(O)CCCCC2)cc1. The first-order chi connectivity index (χ1) is 11.2. The van der Waals surface area contributed by atoms with Gasteiger partial charge in [-0.15, -0.1) is 0 Å². The topological polar surface area (TPSA) is 69.6 Å². The molecule has 0 heterocycles. The van der Waals surface area contributed by atoms with Gasteiger partial charge < -0.3 is 10.0 Å². The molecule has 136 valence electrons. The van der Waals surface area contributed by atoms with Crippen molar-refractivity contribution >= 4 is 10.0 Å². The lowest BCUT2D eigenvalue weighted by Crippen LogP contribution is -2.47. The fourth-order valence-electron chi connectivity index (χ4n) is 3.46. The van der Waals surface area contributed by atoms with Crippen molar-refractivity contribution in [3.8, 4) is 0 Å². The highest BCUT2D eigenvalue weighted by atomic mass is 32.2. The summed E-state index contributed by atoms with van der Waals surface area (Å²) < 4.78 is 28.1. The molecule has 6 heteroatoms. The van der Waals surface area contributed by atoms with Crippen LogP contribution in [0.15, 0.2) is 29.2 Å². The number of hydrogen-bond donors (Lipinski definition) is 2. The number of nitrogens with one attached hydrogen (secondary N) is 1. The highest BCUT2D eigenvalue weighted by Gasteiger charge is 2.34. The molecule has 1 aromatic rings. The zero-order chi connectivity index (χ0) is 17.8. The molecule has 1 aromatic carbocycles. The second-order valence-corrected chi connectivity index (χ2v) is 9.10. The third-order valence-electron chi connectivity index (χ3n) is 4.65. The van der Waals surface area contributed by atoms with Crippen molar-refractivity contribution in [2.45, 2.75) is 62.0 Å². The molecule has 0 bridgehead atoms. The van der Waals surface area contributed by atoms with Crippen LogP contribution in [0.5, 0.6) is 0 Å². The molecule has 1 aliphatic rings. The van der Waals surface area contributed by atoms with Crippen molar-refractivity contribution in [2.24, 2.45) is 0 Å². The standard InChI is InChI=1S/C18H30N2O3S/c1-15-7-9-17(10-8-15)24(22,23)19-16(14-20(2)3)13-18(21)11-5-4-6-12-18/h7-10,16,19,21H,4-6,11-14H2,1-3H3. The van der Waals surface area contributed by atoms with Gasteiger partial charge in [0.2, 0.25) is 10.0 Å². The predicted octanol–water partition coefficient (Wildman–Crippen LogP) is 2.29. The molecule has 0 saturated heterocycles. The van der Waals surface area contributed by atoms with Gasteiger partial charge >= 0.3 is 0 Å². The van der Waals surface area contributed by atoms with Gasteiger partial charge in [-0.25, -0.2) is 13.1 Å². The van der Waals surface area contributed by atoms with E-state index >= 15 is 0 Å². The number of rotatable bonds is 7. The van der Waals surface area contributed by atoms with Crippen LogP contribution in [0, 0.1) is 6.92 Å². The summed E-state index contributed by atoms with van der Waals surface area (Å²) in [4.78, 5) is 2.22. The summed E-state index contributed by atoms with van der Waals surface area (Å²) in [7, 11) is 0.242. The van der Waals surface area contributed by atoms with E-state index in [1.807, 2.05) is 25.9 Å².